The van der Waals surface area contributed by atoms with E-state index in [9.17, 15) is 24.0 Å². The summed E-state index contributed by atoms with van der Waals surface area (Å²) in [5, 5.41) is 5.18. The number of rotatable bonds is 16. The molecule has 1 aromatic carbocycles. The molecule has 0 aromatic heterocycles. The van der Waals surface area contributed by atoms with E-state index in [2.05, 4.69) is 10.6 Å². The van der Waals surface area contributed by atoms with Gasteiger partial charge in [0, 0.05) is 30.5 Å². The fraction of sp³-hybridized carbons (Fsp3) is 0.633. The number of amides is 4. The predicted octanol–water partition coefficient (Wildman–Crippen LogP) is 3.45. The number of carbonyl (C=O) groups excluding carboxylic acids is 5. The molecule has 0 spiro atoms. The Morgan fingerprint density at radius 3 is 2.40 bits per heavy atom. The van der Waals surface area contributed by atoms with Crippen LogP contribution in [0.2, 0.25) is 0 Å². The van der Waals surface area contributed by atoms with Crippen molar-refractivity contribution < 1.29 is 33.4 Å². The van der Waals surface area contributed by atoms with Crippen LogP contribution >= 0.6 is 0 Å². The van der Waals surface area contributed by atoms with Gasteiger partial charge in [-0.3, -0.25) is 29.3 Å². The maximum Gasteiger partial charge on any atom is 0.255 e. The molecule has 2 aliphatic heterocycles. The van der Waals surface area contributed by atoms with E-state index in [-0.39, 0.29) is 55.3 Å². The van der Waals surface area contributed by atoms with Crippen molar-refractivity contribution in [1.82, 2.24) is 15.5 Å². The Morgan fingerprint density at radius 1 is 1.00 bits per heavy atom. The molecule has 4 amide bonds. The van der Waals surface area contributed by atoms with Crippen molar-refractivity contribution in [2.24, 2.45) is 0 Å². The number of nitrogens with one attached hydrogen (secondary N) is 2. The first kappa shape index (κ1) is 31.3. The van der Waals surface area contributed by atoms with E-state index >= 15 is 0 Å². The lowest BCUT2D eigenvalue weighted by molar-refractivity contribution is -0.137. The van der Waals surface area contributed by atoms with Gasteiger partial charge in [0.1, 0.15) is 25.0 Å². The van der Waals surface area contributed by atoms with Crippen LogP contribution in [0.1, 0.15) is 101 Å². The van der Waals surface area contributed by atoms with Crippen molar-refractivity contribution in [3.05, 3.63) is 29.3 Å². The minimum atomic E-state index is -0.688. The van der Waals surface area contributed by atoms with E-state index in [0.717, 1.165) is 44.9 Å². The van der Waals surface area contributed by atoms with Gasteiger partial charge in [-0.15, -0.1) is 0 Å². The summed E-state index contributed by atoms with van der Waals surface area (Å²) in [6.45, 7) is 6.66. The average molecular weight is 558 g/mol. The molecule has 1 unspecified atom stereocenters. The fourth-order valence-corrected chi connectivity index (χ4v) is 4.81. The van der Waals surface area contributed by atoms with Gasteiger partial charge >= 0.3 is 0 Å². The molecule has 10 heteroatoms. The third-order valence-electron chi connectivity index (χ3n) is 7.02. The number of piperidine rings is 1. The van der Waals surface area contributed by atoms with E-state index in [1.54, 1.807) is 18.2 Å². The monoisotopic (exact) mass is 557 g/mol. The molecule has 2 N–H and O–H groups in total. The smallest absolute Gasteiger partial charge is 0.255 e. The number of hydrogen-bond donors (Lipinski definition) is 2. The lowest BCUT2D eigenvalue weighted by Gasteiger charge is -2.29. The SMILES string of the molecule is CC(C)(C)OCC(=O)NCCCCCCCCCC(=O)COc1cccc2c1CN(C1CCC(=O)NC1=O)C2=O. The second-order valence-corrected chi connectivity index (χ2v) is 11.5. The summed E-state index contributed by atoms with van der Waals surface area (Å²) in [4.78, 5) is 62.2. The van der Waals surface area contributed by atoms with Gasteiger partial charge in [-0.25, -0.2) is 0 Å². The summed E-state index contributed by atoms with van der Waals surface area (Å²) in [6, 6.07) is 4.45. The molecule has 2 aliphatic rings. The molecular formula is C30H43N3O7. The highest BCUT2D eigenvalue weighted by Crippen LogP contribution is 2.33. The van der Waals surface area contributed by atoms with Crippen LogP contribution in [0.15, 0.2) is 18.2 Å². The number of hydrogen-bond acceptors (Lipinski definition) is 7. The van der Waals surface area contributed by atoms with Crippen molar-refractivity contribution in [1.29, 1.82) is 0 Å². The lowest BCUT2D eigenvalue weighted by atomic mass is 10.0. The highest BCUT2D eigenvalue weighted by molar-refractivity contribution is 6.05. The highest BCUT2D eigenvalue weighted by atomic mass is 16.5. The van der Waals surface area contributed by atoms with Gasteiger partial charge in [-0.1, -0.05) is 38.2 Å². The average Bonchev–Trinajstić information content (AvgIpc) is 3.23. The standard InChI is InChI=1S/C30H43N3O7/c1-30(2,3)40-20-27(36)31-17-10-8-6-4-5-7-9-12-21(34)19-39-25-14-11-13-22-23(25)18-33(29(22)38)24-15-16-26(35)32-28(24)37/h11,13-14,24H,4-10,12,15-20H2,1-3H3,(H,31,36)(H,32,35,37). The van der Waals surface area contributed by atoms with Gasteiger partial charge in [0.2, 0.25) is 17.7 Å². The van der Waals surface area contributed by atoms with Gasteiger partial charge in [-0.05, 0) is 52.2 Å². The topological polar surface area (TPSA) is 131 Å². The molecule has 40 heavy (non-hydrogen) atoms. The normalized spacial score (nSPS) is 17.0. The Bertz CT molecular complexity index is 1080. The molecule has 1 saturated heterocycles. The minimum Gasteiger partial charge on any atom is -0.485 e. The maximum absolute atomic E-state index is 12.9. The third kappa shape index (κ3) is 9.73. The highest BCUT2D eigenvalue weighted by Gasteiger charge is 2.40. The summed E-state index contributed by atoms with van der Waals surface area (Å²) in [6.07, 6.45) is 7.97. The number of ether oxygens (including phenoxy) is 2. The maximum atomic E-state index is 12.9. The number of carbonyl (C=O) groups is 5. The van der Waals surface area contributed by atoms with Gasteiger partial charge in [0.25, 0.3) is 5.91 Å². The number of fused-ring (bicyclic) bond motifs is 1. The van der Waals surface area contributed by atoms with Crippen molar-refractivity contribution in [3.8, 4) is 5.75 Å². The number of unbranched alkanes of at least 4 members (excludes halogenated alkanes) is 6. The summed E-state index contributed by atoms with van der Waals surface area (Å²) < 4.78 is 11.3. The van der Waals surface area contributed by atoms with Crippen molar-refractivity contribution in [3.63, 3.8) is 0 Å². The van der Waals surface area contributed by atoms with Crippen LogP contribution in [0, 0.1) is 0 Å². The van der Waals surface area contributed by atoms with Gasteiger partial charge in [0.05, 0.1) is 12.1 Å². The van der Waals surface area contributed by atoms with Crippen molar-refractivity contribution in [2.45, 2.75) is 103 Å². The zero-order chi connectivity index (χ0) is 29.1. The Hall–Kier alpha value is -3.27. The van der Waals surface area contributed by atoms with Crippen LogP contribution in [0.3, 0.4) is 0 Å². The van der Waals surface area contributed by atoms with Crippen LogP contribution in [0.5, 0.6) is 5.75 Å². The number of benzene rings is 1. The quantitative estimate of drug-likeness (QED) is 0.235. The van der Waals surface area contributed by atoms with E-state index in [1.807, 2.05) is 20.8 Å². The van der Waals surface area contributed by atoms with E-state index in [0.29, 0.717) is 36.3 Å². The van der Waals surface area contributed by atoms with E-state index in [1.165, 1.54) is 4.90 Å². The number of nitrogens with zero attached hydrogens (tertiary/aromatic N) is 1. The zero-order valence-electron chi connectivity index (χ0n) is 24.0. The Labute approximate surface area is 236 Å². The second-order valence-electron chi connectivity index (χ2n) is 11.5. The Morgan fingerprint density at radius 2 is 1.70 bits per heavy atom. The zero-order valence-corrected chi connectivity index (χ0v) is 24.0. The molecule has 3 rings (SSSR count). The fourth-order valence-electron chi connectivity index (χ4n) is 4.81. The van der Waals surface area contributed by atoms with Gasteiger partial charge in [0.15, 0.2) is 5.78 Å². The summed E-state index contributed by atoms with van der Waals surface area (Å²) in [7, 11) is 0. The van der Waals surface area contributed by atoms with Gasteiger partial charge in [-0.2, -0.15) is 0 Å². The first-order valence-corrected chi connectivity index (χ1v) is 14.4. The molecule has 10 nitrogen and oxygen atoms in total. The molecule has 0 radical (unpaired) electrons. The largest absolute Gasteiger partial charge is 0.485 e. The second kappa shape index (κ2) is 14.9. The number of imide groups is 1. The molecule has 1 aromatic rings. The molecule has 1 fully saturated rings. The van der Waals surface area contributed by atoms with E-state index < -0.39 is 11.9 Å². The van der Waals surface area contributed by atoms with Crippen LogP contribution in [0.4, 0.5) is 0 Å². The molecule has 220 valence electrons. The molecule has 2 heterocycles. The lowest BCUT2D eigenvalue weighted by Crippen LogP contribution is -2.52. The summed E-state index contributed by atoms with van der Waals surface area (Å²) >= 11 is 0. The molecule has 1 atom stereocenters. The van der Waals surface area contributed by atoms with Crippen molar-refractivity contribution in [2.75, 3.05) is 19.8 Å². The first-order valence-electron chi connectivity index (χ1n) is 14.4. The van der Waals surface area contributed by atoms with Gasteiger partial charge < -0.3 is 19.7 Å². The molecule has 0 aliphatic carbocycles. The predicted molar refractivity (Wildman–Crippen MR) is 149 cm³/mol. The van der Waals surface area contributed by atoms with Crippen LogP contribution in [-0.4, -0.2) is 65.7 Å². The van der Waals surface area contributed by atoms with Crippen molar-refractivity contribution >= 4 is 29.4 Å². The molecule has 0 saturated carbocycles. The number of ketones is 1. The number of Topliss-reactive ketones (excluding diaryl/α,β-unsaturated/α-hetero) is 1. The van der Waals surface area contributed by atoms with E-state index in [4.69, 9.17) is 9.47 Å². The summed E-state index contributed by atoms with van der Waals surface area (Å²) in [5.74, 6) is -0.642. The molecule has 0 bridgehead atoms. The molecular weight excluding hydrogens is 514 g/mol. The Balaban J connectivity index is 1.26. The third-order valence-corrected chi connectivity index (χ3v) is 7.02. The first-order chi connectivity index (χ1) is 19.0. The van der Waals surface area contributed by atoms with Crippen LogP contribution in [0.25, 0.3) is 0 Å². The summed E-state index contributed by atoms with van der Waals surface area (Å²) in [5.41, 5.74) is 0.816. The minimum absolute atomic E-state index is 0.00938. The van der Waals surface area contributed by atoms with Crippen LogP contribution < -0.4 is 15.4 Å². The van der Waals surface area contributed by atoms with Crippen LogP contribution in [-0.2, 0) is 30.5 Å². The Kier molecular flexibility index (Phi) is 11.7.